The van der Waals surface area contributed by atoms with Crippen molar-refractivity contribution >= 4 is 28.6 Å². The molecule has 1 aliphatic heterocycles. The number of carbonyl (C=O) groups excluding carboxylic acids is 1. The van der Waals surface area contributed by atoms with Gasteiger partial charge in [-0.2, -0.15) is 0 Å². The Hall–Kier alpha value is -4.08. The second kappa shape index (κ2) is 9.76. The minimum Gasteiger partial charge on any atom is -0.481 e. The van der Waals surface area contributed by atoms with Crippen molar-refractivity contribution in [2.45, 2.75) is 58.5 Å². The third-order valence-electron chi connectivity index (χ3n) is 6.81. The molecule has 3 heterocycles. The van der Waals surface area contributed by atoms with Crippen LogP contribution in [0.5, 0.6) is 0 Å². The van der Waals surface area contributed by atoms with Gasteiger partial charge in [0, 0.05) is 36.7 Å². The van der Waals surface area contributed by atoms with Crippen LogP contribution in [0.25, 0.3) is 22.2 Å². The van der Waals surface area contributed by atoms with E-state index in [4.69, 9.17) is 14.6 Å². The fraction of sp³-hybridized carbons (Fsp3) is 0.333. The standard InChI is InChI=1S/C27H26F2N4O4/c1-15-26(16(2)37-31-15)17-6-9-22-21(13-17)30-27(32(22)12-4-3-5-25(35)36)23-10-11-24(34)33(23)18-7-8-19(28)20(29)14-18/h6-9,13-14,23H,3-5,10-12H2,1-2H3,(H,35,36)/t23-/m0/s1. The highest BCUT2D eigenvalue weighted by atomic mass is 19.2. The highest BCUT2D eigenvalue weighted by molar-refractivity contribution is 5.96. The monoisotopic (exact) mass is 508 g/mol. The third-order valence-corrected chi connectivity index (χ3v) is 6.81. The van der Waals surface area contributed by atoms with Crippen LogP contribution in [0.1, 0.15) is 55.4 Å². The largest absolute Gasteiger partial charge is 0.481 e. The Bertz CT molecular complexity index is 1490. The van der Waals surface area contributed by atoms with Crippen LogP contribution in [-0.4, -0.2) is 31.7 Å². The summed E-state index contributed by atoms with van der Waals surface area (Å²) >= 11 is 0. The zero-order valence-electron chi connectivity index (χ0n) is 20.5. The SMILES string of the molecule is Cc1noc(C)c1-c1ccc2c(c1)nc([C@@H]1CCC(=O)N1c1ccc(F)c(F)c1)n2CCCCC(=O)O. The molecule has 1 saturated heterocycles. The summed E-state index contributed by atoms with van der Waals surface area (Å²) in [5, 5.41) is 13.1. The Kier molecular flexibility index (Phi) is 6.49. The van der Waals surface area contributed by atoms with E-state index in [0.29, 0.717) is 42.9 Å². The molecule has 0 saturated carbocycles. The maximum absolute atomic E-state index is 14.1. The van der Waals surface area contributed by atoms with Gasteiger partial charge >= 0.3 is 5.97 Å². The number of aryl methyl sites for hydroxylation is 3. The van der Waals surface area contributed by atoms with Gasteiger partial charge in [0.15, 0.2) is 11.6 Å². The van der Waals surface area contributed by atoms with Crippen molar-refractivity contribution in [3.8, 4) is 11.1 Å². The summed E-state index contributed by atoms with van der Waals surface area (Å²) < 4.78 is 35.0. The van der Waals surface area contributed by atoms with E-state index in [1.807, 2.05) is 36.6 Å². The zero-order chi connectivity index (χ0) is 26.3. The fourth-order valence-corrected chi connectivity index (χ4v) is 5.12. The van der Waals surface area contributed by atoms with Crippen molar-refractivity contribution in [1.29, 1.82) is 0 Å². The number of unbranched alkanes of at least 4 members (excludes halogenated alkanes) is 1. The molecule has 1 atom stereocenters. The number of rotatable bonds is 8. The van der Waals surface area contributed by atoms with Crippen LogP contribution in [0.3, 0.4) is 0 Å². The first-order chi connectivity index (χ1) is 17.7. The first-order valence-corrected chi connectivity index (χ1v) is 12.2. The average molecular weight is 509 g/mol. The third kappa shape index (κ3) is 4.59. The summed E-state index contributed by atoms with van der Waals surface area (Å²) in [5.74, 6) is -1.75. The van der Waals surface area contributed by atoms with E-state index in [9.17, 15) is 18.4 Å². The lowest BCUT2D eigenvalue weighted by atomic mass is 10.0. The summed E-state index contributed by atoms with van der Waals surface area (Å²) in [6.07, 6.45) is 1.86. The quantitative estimate of drug-likeness (QED) is 0.306. The number of carbonyl (C=O) groups is 2. The summed E-state index contributed by atoms with van der Waals surface area (Å²) in [5.41, 5.74) is 4.36. The second-order valence-electron chi connectivity index (χ2n) is 9.29. The first-order valence-electron chi connectivity index (χ1n) is 12.2. The Balaban J connectivity index is 1.59. The van der Waals surface area contributed by atoms with Gasteiger partial charge in [0.05, 0.1) is 22.8 Å². The molecule has 0 spiro atoms. The van der Waals surface area contributed by atoms with Crippen LogP contribution in [0.4, 0.5) is 14.5 Å². The predicted octanol–water partition coefficient (Wildman–Crippen LogP) is 5.71. The predicted molar refractivity (Wildman–Crippen MR) is 132 cm³/mol. The Morgan fingerprint density at radius 2 is 1.95 bits per heavy atom. The van der Waals surface area contributed by atoms with E-state index in [1.54, 1.807) is 0 Å². The number of carboxylic acids is 1. The Morgan fingerprint density at radius 1 is 1.14 bits per heavy atom. The van der Waals surface area contributed by atoms with E-state index in [1.165, 1.54) is 11.0 Å². The minimum absolute atomic E-state index is 0.0566. The molecule has 0 aliphatic carbocycles. The van der Waals surface area contributed by atoms with Gasteiger partial charge < -0.3 is 19.1 Å². The topological polar surface area (TPSA) is 101 Å². The molecule has 1 N–H and O–H groups in total. The van der Waals surface area contributed by atoms with Crippen LogP contribution in [-0.2, 0) is 16.1 Å². The van der Waals surface area contributed by atoms with Gasteiger partial charge in [-0.25, -0.2) is 13.8 Å². The molecule has 2 aromatic heterocycles. The van der Waals surface area contributed by atoms with Gasteiger partial charge in [0.2, 0.25) is 5.91 Å². The number of fused-ring (bicyclic) bond motifs is 1. The molecule has 5 rings (SSSR count). The number of benzene rings is 2. The Labute approximate surface area is 211 Å². The van der Waals surface area contributed by atoms with Crippen molar-refractivity contribution in [3.63, 3.8) is 0 Å². The van der Waals surface area contributed by atoms with Gasteiger partial charge in [0.1, 0.15) is 11.6 Å². The number of hydrogen-bond donors (Lipinski definition) is 1. The summed E-state index contributed by atoms with van der Waals surface area (Å²) in [6.45, 7) is 4.21. The molecule has 1 fully saturated rings. The molecular weight excluding hydrogens is 482 g/mol. The van der Waals surface area contributed by atoms with E-state index in [2.05, 4.69) is 5.16 Å². The van der Waals surface area contributed by atoms with E-state index in [0.717, 1.165) is 34.5 Å². The highest BCUT2D eigenvalue weighted by Gasteiger charge is 2.37. The van der Waals surface area contributed by atoms with E-state index in [-0.39, 0.29) is 24.4 Å². The number of nitrogens with zero attached hydrogens (tertiary/aromatic N) is 4. The van der Waals surface area contributed by atoms with Gasteiger partial charge in [-0.1, -0.05) is 11.2 Å². The fourth-order valence-electron chi connectivity index (χ4n) is 5.12. The molecule has 192 valence electrons. The normalized spacial score (nSPS) is 15.7. The van der Waals surface area contributed by atoms with Crippen LogP contribution in [0.15, 0.2) is 40.9 Å². The molecule has 1 aliphatic rings. The summed E-state index contributed by atoms with van der Waals surface area (Å²) in [7, 11) is 0. The lowest BCUT2D eigenvalue weighted by Gasteiger charge is -2.25. The number of halogens is 2. The molecule has 8 nitrogen and oxygen atoms in total. The molecule has 0 unspecified atom stereocenters. The van der Waals surface area contributed by atoms with Gasteiger partial charge in [-0.15, -0.1) is 0 Å². The number of aliphatic carboxylic acids is 1. The van der Waals surface area contributed by atoms with Crippen molar-refractivity contribution < 1.29 is 28.0 Å². The Morgan fingerprint density at radius 3 is 2.65 bits per heavy atom. The second-order valence-corrected chi connectivity index (χ2v) is 9.29. The minimum atomic E-state index is -1.03. The van der Waals surface area contributed by atoms with Crippen molar-refractivity contribution in [2.75, 3.05) is 4.90 Å². The average Bonchev–Trinajstić information content (AvgIpc) is 3.52. The molecule has 10 heteroatoms. The molecule has 0 bridgehead atoms. The smallest absolute Gasteiger partial charge is 0.303 e. The van der Waals surface area contributed by atoms with Crippen molar-refractivity contribution in [1.82, 2.24) is 14.7 Å². The number of amides is 1. The molecule has 2 aromatic carbocycles. The number of carboxylic acid groups (broad SMARTS) is 1. The highest BCUT2D eigenvalue weighted by Crippen LogP contribution is 2.39. The summed E-state index contributed by atoms with van der Waals surface area (Å²) in [6, 6.07) is 8.80. The van der Waals surface area contributed by atoms with E-state index < -0.39 is 23.6 Å². The molecule has 0 radical (unpaired) electrons. The van der Waals surface area contributed by atoms with Crippen LogP contribution in [0.2, 0.25) is 0 Å². The molecule has 37 heavy (non-hydrogen) atoms. The lowest BCUT2D eigenvalue weighted by Crippen LogP contribution is -2.29. The van der Waals surface area contributed by atoms with Crippen LogP contribution >= 0.6 is 0 Å². The van der Waals surface area contributed by atoms with Crippen molar-refractivity contribution in [3.05, 3.63) is 65.3 Å². The van der Waals surface area contributed by atoms with Gasteiger partial charge in [-0.05, 0) is 62.9 Å². The molecular formula is C27H26F2N4O4. The lowest BCUT2D eigenvalue weighted by molar-refractivity contribution is -0.137. The van der Waals surface area contributed by atoms with Gasteiger partial charge in [-0.3, -0.25) is 9.59 Å². The maximum atomic E-state index is 14.1. The first kappa shape index (κ1) is 24.6. The zero-order valence-corrected chi connectivity index (χ0v) is 20.5. The number of anilines is 1. The number of imidazole rings is 1. The molecule has 1 amide bonds. The number of aromatic nitrogens is 3. The number of hydrogen-bond acceptors (Lipinski definition) is 5. The maximum Gasteiger partial charge on any atom is 0.303 e. The molecule has 4 aromatic rings. The summed E-state index contributed by atoms with van der Waals surface area (Å²) in [4.78, 5) is 30.3. The van der Waals surface area contributed by atoms with Gasteiger partial charge in [0.25, 0.3) is 0 Å². The van der Waals surface area contributed by atoms with E-state index >= 15 is 0 Å². The van der Waals surface area contributed by atoms with Crippen LogP contribution < -0.4 is 4.90 Å². The van der Waals surface area contributed by atoms with Crippen LogP contribution in [0, 0.1) is 25.5 Å². The van der Waals surface area contributed by atoms with Crippen molar-refractivity contribution in [2.24, 2.45) is 0 Å².